The molecule has 0 aliphatic carbocycles. The van der Waals surface area contributed by atoms with Gasteiger partial charge in [0.15, 0.2) is 11.5 Å². The smallest absolute Gasteiger partial charge is 0.264 e. The highest BCUT2D eigenvalue weighted by Gasteiger charge is 2.19. The summed E-state index contributed by atoms with van der Waals surface area (Å²) in [5, 5.41) is 4.79. The van der Waals surface area contributed by atoms with Crippen LogP contribution in [0.4, 0.5) is 10.2 Å². The van der Waals surface area contributed by atoms with Crippen LogP contribution in [0.1, 0.15) is 18.7 Å². The second-order valence-corrected chi connectivity index (χ2v) is 7.49. The number of benzene rings is 2. The lowest BCUT2D eigenvalue weighted by Crippen LogP contribution is -2.26. The van der Waals surface area contributed by atoms with Gasteiger partial charge in [-0.05, 0) is 48.7 Å². The van der Waals surface area contributed by atoms with E-state index in [2.05, 4.69) is 25.3 Å². The number of imidazole rings is 1. The molecule has 0 fully saturated rings. The molecule has 31 heavy (non-hydrogen) atoms. The SMILES string of the molecule is C[C@H](Nc1ncnc2[nH]cnc12)c1cc2cccc(Cl)c2c(=O)n1-c1ccc(F)cc1. The number of aromatic amines is 1. The van der Waals surface area contributed by atoms with Gasteiger partial charge in [-0.3, -0.25) is 9.36 Å². The van der Waals surface area contributed by atoms with Crippen LogP contribution in [0.3, 0.4) is 0 Å². The summed E-state index contributed by atoms with van der Waals surface area (Å²) in [5.41, 5.74) is 2.10. The molecule has 0 aliphatic rings. The molecule has 3 aromatic heterocycles. The van der Waals surface area contributed by atoms with E-state index in [-0.39, 0.29) is 17.4 Å². The monoisotopic (exact) mass is 434 g/mol. The van der Waals surface area contributed by atoms with Gasteiger partial charge in [0.05, 0.1) is 22.8 Å². The van der Waals surface area contributed by atoms with Crippen LogP contribution in [0, 0.1) is 5.82 Å². The number of rotatable bonds is 4. The fourth-order valence-corrected chi connectivity index (χ4v) is 3.93. The Kier molecular flexibility index (Phi) is 4.63. The Labute approximate surface area is 180 Å². The average molecular weight is 435 g/mol. The molecule has 0 saturated carbocycles. The van der Waals surface area contributed by atoms with Crippen molar-refractivity contribution in [2.45, 2.75) is 13.0 Å². The van der Waals surface area contributed by atoms with Gasteiger partial charge >= 0.3 is 0 Å². The zero-order valence-electron chi connectivity index (χ0n) is 16.3. The van der Waals surface area contributed by atoms with Crippen LogP contribution in [0.5, 0.6) is 0 Å². The molecule has 2 N–H and O–H groups in total. The molecule has 0 saturated heterocycles. The first-order chi connectivity index (χ1) is 15.0. The second kappa shape index (κ2) is 7.48. The number of H-pyrrole nitrogens is 1. The quantitative estimate of drug-likeness (QED) is 0.431. The number of nitrogens with zero attached hydrogens (tertiary/aromatic N) is 4. The van der Waals surface area contributed by atoms with Gasteiger partial charge in [-0.15, -0.1) is 0 Å². The molecule has 9 heteroatoms. The van der Waals surface area contributed by atoms with E-state index in [4.69, 9.17) is 11.6 Å². The lowest BCUT2D eigenvalue weighted by atomic mass is 10.1. The molecule has 0 bridgehead atoms. The zero-order valence-corrected chi connectivity index (χ0v) is 17.1. The third-order valence-corrected chi connectivity index (χ3v) is 5.44. The van der Waals surface area contributed by atoms with E-state index >= 15 is 0 Å². The van der Waals surface area contributed by atoms with Crippen molar-refractivity contribution in [2.75, 3.05) is 5.32 Å². The van der Waals surface area contributed by atoms with E-state index < -0.39 is 0 Å². The molecular formula is C22H16ClFN6O. The minimum absolute atomic E-state index is 0.286. The van der Waals surface area contributed by atoms with Crippen molar-refractivity contribution in [3.05, 3.63) is 88.1 Å². The van der Waals surface area contributed by atoms with Gasteiger partial charge in [-0.1, -0.05) is 23.7 Å². The number of halogens is 2. The Bertz CT molecular complexity index is 1480. The minimum Gasteiger partial charge on any atom is -0.360 e. The maximum atomic E-state index is 13.5. The van der Waals surface area contributed by atoms with Gasteiger partial charge in [0.2, 0.25) is 0 Å². The molecular weight excluding hydrogens is 419 g/mol. The first-order valence-electron chi connectivity index (χ1n) is 9.53. The lowest BCUT2D eigenvalue weighted by Gasteiger charge is -2.21. The van der Waals surface area contributed by atoms with E-state index in [1.807, 2.05) is 19.1 Å². The average Bonchev–Trinajstić information content (AvgIpc) is 3.24. The molecule has 0 spiro atoms. The number of nitrogens with one attached hydrogen (secondary N) is 2. The van der Waals surface area contributed by atoms with Crippen molar-refractivity contribution in [1.29, 1.82) is 0 Å². The van der Waals surface area contributed by atoms with Crippen LogP contribution in [0.2, 0.25) is 5.02 Å². The molecule has 1 atom stereocenters. The molecule has 0 aliphatic heterocycles. The largest absolute Gasteiger partial charge is 0.360 e. The van der Waals surface area contributed by atoms with Gasteiger partial charge < -0.3 is 10.3 Å². The summed E-state index contributed by atoms with van der Waals surface area (Å²) in [5.74, 6) is 0.147. The molecule has 154 valence electrons. The van der Waals surface area contributed by atoms with E-state index in [0.717, 1.165) is 0 Å². The second-order valence-electron chi connectivity index (χ2n) is 7.08. The fourth-order valence-electron chi connectivity index (χ4n) is 3.66. The summed E-state index contributed by atoms with van der Waals surface area (Å²) in [6, 6.07) is 12.6. The summed E-state index contributed by atoms with van der Waals surface area (Å²) in [4.78, 5) is 29.1. The van der Waals surface area contributed by atoms with E-state index in [0.29, 0.717) is 44.2 Å². The van der Waals surface area contributed by atoms with Gasteiger partial charge in [-0.2, -0.15) is 0 Å². The van der Waals surface area contributed by atoms with Gasteiger partial charge in [-0.25, -0.2) is 19.3 Å². The van der Waals surface area contributed by atoms with E-state index in [9.17, 15) is 9.18 Å². The van der Waals surface area contributed by atoms with Crippen molar-refractivity contribution in [1.82, 2.24) is 24.5 Å². The third-order valence-electron chi connectivity index (χ3n) is 5.12. The predicted octanol–water partition coefficient (Wildman–Crippen LogP) is 4.62. The standard InChI is InChI=1S/C22H16ClFN6O/c1-12(29-21-19-20(26-10-25-19)27-11-28-21)17-9-13-3-2-4-16(23)18(13)22(31)30(17)15-7-5-14(24)6-8-15/h2-12H,1H3,(H2,25,26,27,28,29)/t12-/m0/s1. The summed E-state index contributed by atoms with van der Waals surface area (Å²) in [6.07, 6.45) is 2.98. The zero-order chi connectivity index (χ0) is 21.5. The highest BCUT2D eigenvalue weighted by Crippen LogP contribution is 2.28. The van der Waals surface area contributed by atoms with Crippen LogP contribution < -0.4 is 10.9 Å². The van der Waals surface area contributed by atoms with Crippen LogP contribution in [-0.2, 0) is 0 Å². The van der Waals surface area contributed by atoms with E-state index in [1.54, 1.807) is 30.6 Å². The van der Waals surface area contributed by atoms with Crippen molar-refractivity contribution in [3.63, 3.8) is 0 Å². The number of aromatic nitrogens is 5. The van der Waals surface area contributed by atoms with Crippen LogP contribution in [-0.4, -0.2) is 24.5 Å². The molecule has 3 heterocycles. The lowest BCUT2D eigenvalue weighted by molar-refractivity contribution is 0.627. The highest BCUT2D eigenvalue weighted by molar-refractivity contribution is 6.35. The minimum atomic E-state index is -0.384. The Hall–Kier alpha value is -3.78. The summed E-state index contributed by atoms with van der Waals surface area (Å²) in [7, 11) is 0. The number of hydrogen-bond donors (Lipinski definition) is 2. The van der Waals surface area contributed by atoms with Crippen LogP contribution >= 0.6 is 11.6 Å². The highest BCUT2D eigenvalue weighted by atomic mass is 35.5. The molecule has 7 nitrogen and oxygen atoms in total. The summed E-state index contributed by atoms with van der Waals surface area (Å²) < 4.78 is 15.1. The summed E-state index contributed by atoms with van der Waals surface area (Å²) in [6.45, 7) is 1.91. The number of fused-ring (bicyclic) bond motifs is 2. The van der Waals surface area contributed by atoms with E-state index in [1.165, 1.54) is 23.0 Å². The Morgan fingerprint density at radius 1 is 1.13 bits per heavy atom. The predicted molar refractivity (Wildman–Crippen MR) is 118 cm³/mol. The fraction of sp³-hybridized carbons (Fsp3) is 0.0909. The number of hydrogen-bond acceptors (Lipinski definition) is 5. The van der Waals surface area contributed by atoms with Crippen molar-refractivity contribution in [3.8, 4) is 5.69 Å². The van der Waals surface area contributed by atoms with Gasteiger partial charge in [0, 0.05) is 11.4 Å². The van der Waals surface area contributed by atoms with Gasteiger partial charge in [0.25, 0.3) is 5.56 Å². The van der Waals surface area contributed by atoms with Crippen molar-refractivity contribution in [2.24, 2.45) is 0 Å². The first-order valence-corrected chi connectivity index (χ1v) is 9.91. The maximum absolute atomic E-state index is 13.5. The number of anilines is 1. The van der Waals surface area contributed by atoms with Gasteiger partial charge in [0.1, 0.15) is 17.7 Å². The molecule has 0 unspecified atom stereocenters. The topological polar surface area (TPSA) is 88.5 Å². The molecule has 5 aromatic rings. The summed E-state index contributed by atoms with van der Waals surface area (Å²) >= 11 is 6.34. The first kappa shape index (κ1) is 19.2. The Morgan fingerprint density at radius 2 is 1.94 bits per heavy atom. The molecule has 5 rings (SSSR count). The molecule has 0 amide bonds. The van der Waals surface area contributed by atoms with Crippen LogP contribution in [0.15, 0.2) is 66.0 Å². The third kappa shape index (κ3) is 3.30. The maximum Gasteiger partial charge on any atom is 0.264 e. The molecule has 0 radical (unpaired) electrons. The van der Waals surface area contributed by atoms with Crippen molar-refractivity contribution < 1.29 is 4.39 Å². The number of pyridine rings is 1. The van der Waals surface area contributed by atoms with Crippen molar-refractivity contribution >= 4 is 39.4 Å². The molecule has 2 aromatic carbocycles. The Balaban J connectivity index is 1.71. The Morgan fingerprint density at radius 3 is 2.74 bits per heavy atom. The normalized spacial score (nSPS) is 12.4. The van der Waals surface area contributed by atoms with Crippen LogP contribution in [0.25, 0.3) is 27.6 Å².